The van der Waals surface area contributed by atoms with Gasteiger partial charge in [0.2, 0.25) is 0 Å². The standard InChI is InChI=1S/C35H34N6O6S2/c1-25-22-32(46-48(42,43)34-18-10-28(11-19-34)38-36-26-6-14-30(15-7-26)40(2)3)24-33(23-25)47-49(44,45)35-20-12-29(13-21-35)39-37-27-8-16-31(17-9-27)41(4)5/h6-24H,1-5H3. The second kappa shape index (κ2) is 14.7. The fraction of sp³-hybridized carbons (Fsp3) is 0.143. The summed E-state index contributed by atoms with van der Waals surface area (Å²) in [5.41, 5.74) is 4.74. The number of azo groups is 2. The van der Waals surface area contributed by atoms with Crippen molar-refractivity contribution in [2.75, 3.05) is 38.0 Å². The van der Waals surface area contributed by atoms with E-state index in [2.05, 4.69) is 20.5 Å². The molecule has 0 spiro atoms. The molecule has 49 heavy (non-hydrogen) atoms. The highest BCUT2D eigenvalue weighted by Crippen LogP contribution is 2.30. The van der Waals surface area contributed by atoms with E-state index in [0.717, 1.165) is 11.4 Å². The molecule has 0 saturated heterocycles. The first-order valence-electron chi connectivity index (χ1n) is 14.9. The zero-order valence-corrected chi connectivity index (χ0v) is 29.1. The lowest BCUT2D eigenvalue weighted by molar-refractivity contribution is 0.476. The van der Waals surface area contributed by atoms with Crippen LogP contribution in [0.1, 0.15) is 5.56 Å². The van der Waals surface area contributed by atoms with Crippen LogP contribution in [0.5, 0.6) is 11.5 Å². The number of aryl methyl sites for hydroxylation is 1. The second-order valence-electron chi connectivity index (χ2n) is 11.3. The normalized spacial score (nSPS) is 11.9. The molecule has 0 aliphatic rings. The van der Waals surface area contributed by atoms with Crippen LogP contribution < -0.4 is 18.2 Å². The number of anilines is 2. The van der Waals surface area contributed by atoms with Crippen molar-refractivity contribution in [1.82, 2.24) is 0 Å². The highest BCUT2D eigenvalue weighted by molar-refractivity contribution is 7.87. The molecule has 5 aromatic rings. The van der Waals surface area contributed by atoms with Crippen LogP contribution in [-0.2, 0) is 20.2 Å². The first kappa shape index (κ1) is 34.7. The number of nitrogens with zero attached hydrogens (tertiary/aromatic N) is 6. The summed E-state index contributed by atoms with van der Waals surface area (Å²) in [5, 5.41) is 16.7. The molecule has 252 valence electrons. The zero-order valence-electron chi connectivity index (χ0n) is 27.4. The lowest BCUT2D eigenvalue weighted by atomic mass is 10.2. The van der Waals surface area contributed by atoms with Gasteiger partial charge in [-0.2, -0.15) is 37.3 Å². The Hall–Kier alpha value is -5.60. The molecule has 0 aliphatic carbocycles. The van der Waals surface area contributed by atoms with E-state index in [1.165, 1.54) is 66.7 Å². The number of benzene rings is 5. The summed E-state index contributed by atoms with van der Waals surface area (Å²) in [5.74, 6) is -0.242. The summed E-state index contributed by atoms with van der Waals surface area (Å²) in [7, 11) is -0.796. The summed E-state index contributed by atoms with van der Waals surface area (Å²) < 4.78 is 63.0. The summed E-state index contributed by atoms with van der Waals surface area (Å²) in [6, 6.07) is 30.5. The van der Waals surface area contributed by atoms with Gasteiger partial charge in [-0.15, -0.1) is 0 Å². The lowest BCUT2D eigenvalue weighted by Crippen LogP contribution is -2.11. The van der Waals surface area contributed by atoms with Gasteiger partial charge in [0, 0.05) is 45.6 Å². The maximum absolute atomic E-state index is 13.1. The van der Waals surface area contributed by atoms with Crippen molar-refractivity contribution >= 4 is 54.4 Å². The zero-order chi connectivity index (χ0) is 35.2. The Balaban J connectivity index is 1.24. The molecule has 0 aliphatic heterocycles. The van der Waals surface area contributed by atoms with Crippen molar-refractivity contribution < 1.29 is 25.2 Å². The van der Waals surface area contributed by atoms with Gasteiger partial charge < -0.3 is 18.2 Å². The van der Waals surface area contributed by atoms with Crippen molar-refractivity contribution in [2.45, 2.75) is 16.7 Å². The van der Waals surface area contributed by atoms with E-state index in [1.54, 1.807) is 6.92 Å². The van der Waals surface area contributed by atoms with E-state index in [4.69, 9.17) is 8.37 Å². The molecule has 0 aromatic heterocycles. The van der Waals surface area contributed by atoms with E-state index < -0.39 is 20.2 Å². The number of hydrogen-bond donors (Lipinski definition) is 0. The lowest BCUT2D eigenvalue weighted by Gasteiger charge is -2.12. The van der Waals surface area contributed by atoms with Gasteiger partial charge in [0.15, 0.2) is 0 Å². The molecule has 5 aromatic carbocycles. The van der Waals surface area contributed by atoms with E-state index >= 15 is 0 Å². The minimum absolute atomic E-state index is 0.121. The van der Waals surface area contributed by atoms with E-state index in [9.17, 15) is 16.8 Å². The molecule has 14 heteroatoms. The Bertz CT molecular complexity index is 2030. The SMILES string of the molecule is Cc1cc(OS(=O)(=O)c2ccc(N=Nc3ccc(N(C)C)cc3)cc2)cc(OS(=O)(=O)c2ccc(N=Nc3ccc(N(C)C)cc3)cc2)c1. The minimum Gasteiger partial charge on any atom is -0.379 e. The Kier molecular flexibility index (Phi) is 10.4. The maximum Gasteiger partial charge on any atom is 0.339 e. The Morgan fingerprint density at radius 1 is 0.449 bits per heavy atom. The van der Waals surface area contributed by atoms with E-state index in [0.29, 0.717) is 28.3 Å². The van der Waals surface area contributed by atoms with Gasteiger partial charge in [-0.05, 0) is 122 Å². The first-order chi connectivity index (χ1) is 23.3. The number of hydrogen-bond acceptors (Lipinski definition) is 12. The van der Waals surface area contributed by atoms with Gasteiger partial charge in [-0.3, -0.25) is 0 Å². The molecular formula is C35H34N6O6S2. The van der Waals surface area contributed by atoms with Crippen LogP contribution in [-0.4, -0.2) is 45.0 Å². The van der Waals surface area contributed by atoms with Gasteiger partial charge in [0.05, 0.1) is 22.7 Å². The topological polar surface area (TPSA) is 143 Å². The molecule has 0 unspecified atom stereocenters. The molecule has 12 nitrogen and oxygen atoms in total. The van der Waals surface area contributed by atoms with Crippen molar-refractivity contribution in [3.8, 4) is 11.5 Å². The average molecular weight is 699 g/mol. The third-order valence-electron chi connectivity index (χ3n) is 6.98. The molecule has 0 radical (unpaired) electrons. The fourth-order valence-corrected chi connectivity index (χ4v) is 6.22. The van der Waals surface area contributed by atoms with E-state index in [1.807, 2.05) is 86.5 Å². The summed E-state index contributed by atoms with van der Waals surface area (Å²) in [4.78, 5) is 3.69. The van der Waals surface area contributed by atoms with Crippen LogP contribution in [0, 0.1) is 6.92 Å². The molecular weight excluding hydrogens is 665 g/mol. The first-order valence-corrected chi connectivity index (χ1v) is 17.7. The van der Waals surface area contributed by atoms with Crippen molar-refractivity contribution in [3.63, 3.8) is 0 Å². The van der Waals surface area contributed by atoms with Crippen LogP contribution in [0.2, 0.25) is 0 Å². The van der Waals surface area contributed by atoms with Crippen molar-refractivity contribution in [3.05, 3.63) is 121 Å². The van der Waals surface area contributed by atoms with E-state index in [-0.39, 0.29) is 21.3 Å². The average Bonchev–Trinajstić information content (AvgIpc) is 3.06. The maximum atomic E-state index is 13.1. The predicted molar refractivity (Wildman–Crippen MR) is 190 cm³/mol. The highest BCUT2D eigenvalue weighted by Gasteiger charge is 2.20. The van der Waals surface area contributed by atoms with Crippen LogP contribution in [0.25, 0.3) is 0 Å². The molecule has 0 N–H and O–H groups in total. The Labute approximate surface area is 286 Å². The molecule has 0 atom stereocenters. The summed E-state index contributed by atoms with van der Waals surface area (Å²) >= 11 is 0. The van der Waals surface area contributed by atoms with Crippen molar-refractivity contribution in [2.24, 2.45) is 20.5 Å². The highest BCUT2D eigenvalue weighted by atomic mass is 32.2. The largest absolute Gasteiger partial charge is 0.379 e. The van der Waals surface area contributed by atoms with Crippen LogP contribution in [0.15, 0.2) is 146 Å². The van der Waals surface area contributed by atoms with Crippen LogP contribution in [0.3, 0.4) is 0 Å². The van der Waals surface area contributed by atoms with Gasteiger partial charge in [-0.25, -0.2) is 0 Å². The summed E-state index contributed by atoms with van der Waals surface area (Å²) in [6.45, 7) is 1.65. The minimum atomic E-state index is -4.28. The van der Waals surface area contributed by atoms with Crippen molar-refractivity contribution in [1.29, 1.82) is 0 Å². The molecule has 0 bridgehead atoms. The van der Waals surface area contributed by atoms with Gasteiger partial charge in [0.25, 0.3) is 0 Å². The van der Waals surface area contributed by atoms with Gasteiger partial charge in [-0.1, -0.05) is 0 Å². The number of rotatable bonds is 12. The summed E-state index contributed by atoms with van der Waals surface area (Å²) in [6.07, 6.45) is 0. The smallest absolute Gasteiger partial charge is 0.339 e. The quantitative estimate of drug-likeness (QED) is 0.0932. The fourth-order valence-electron chi connectivity index (χ4n) is 4.38. The molecule has 0 fully saturated rings. The van der Waals surface area contributed by atoms with Crippen LogP contribution in [0.4, 0.5) is 34.1 Å². The third-order valence-corrected chi connectivity index (χ3v) is 9.50. The Morgan fingerprint density at radius 2 is 0.735 bits per heavy atom. The predicted octanol–water partition coefficient (Wildman–Crippen LogP) is 8.49. The van der Waals surface area contributed by atoms with Crippen LogP contribution >= 0.6 is 0 Å². The third kappa shape index (κ3) is 9.27. The van der Waals surface area contributed by atoms with Gasteiger partial charge >= 0.3 is 20.2 Å². The Morgan fingerprint density at radius 3 is 1.02 bits per heavy atom. The molecule has 0 saturated carbocycles. The molecule has 0 heterocycles. The monoisotopic (exact) mass is 698 g/mol. The molecule has 0 amide bonds. The molecule has 5 rings (SSSR count). The second-order valence-corrected chi connectivity index (χ2v) is 14.4. The van der Waals surface area contributed by atoms with Gasteiger partial charge in [0.1, 0.15) is 21.3 Å².